The van der Waals surface area contributed by atoms with E-state index in [9.17, 15) is 9.90 Å². The Morgan fingerprint density at radius 1 is 1.47 bits per heavy atom. The lowest BCUT2D eigenvalue weighted by molar-refractivity contribution is -0.131. The van der Waals surface area contributed by atoms with Gasteiger partial charge in [0.1, 0.15) is 0 Å². The van der Waals surface area contributed by atoms with E-state index in [-0.39, 0.29) is 5.91 Å². The molecule has 0 aromatic heterocycles. The first-order chi connectivity index (χ1) is 8.11. The monoisotopic (exact) mass is 233 g/mol. The number of amides is 1. The molecular weight excluding hydrogens is 214 g/mol. The fraction of sp³-hybridized carbons (Fsp3) is 0.500. The van der Waals surface area contributed by atoms with Crippen molar-refractivity contribution in [3.63, 3.8) is 0 Å². The molecule has 1 amide bonds. The number of rotatable bonds is 2. The van der Waals surface area contributed by atoms with Crippen LogP contribution in [0.3, 0.4) is 0 Å². The number of carbonyl (C=O) groups is 1. The molecular formula is C14H19NO2. The number of carbonyl (C=O) groups excluding carboxylic acids is 1. The Morgan fingerprint density at radius 2 is 2.24 bits per heavy atom. The van der Waals surface area contributed by atoms with Crippen LogP contribution in [0.1, 0.15) is 43.1 Å². The van der Waals surface area contributed by atoms with Gasteiger partial charge in [0.2, 0.25) is 5.91 Å². The first kappa shape index (κ1) is 12.1. The second kappa shape index (κ2) is 4.88. The normalized spacial score (nSPS) is 16.5. The number of hydrogen-bond donors (Lipinski definition) is 1. The third-order valence-electron chi connectivity index (χ3n) is 3.38. The summed E-state index contributed by atoms with van der Waals surface area (Å²) >= 11 is 0. The highest BCUT2D eigenvalue weighted by atomic mass is 16.3. The Bertz CT molecular complexity index is 426. The highest BCUT2D eigenvalue weighted by Gasteiger charge is 2.19. The maximum Gasteiger partial charge on any atom is 0.222 e. The molecule has 0 bridgehead atoms. The van der Waals surface area contributed by atoms with Crippen molar-refractivity contribution in [3.8, 4) is 0 Å². The van der Waals surface area contributed by atoms with Crippen molar-refractivity contribution >= 4 is 5.91 Å². The van der Waals surface area contributed by atoms with Crippen LogP contribution in [0.4, 0.5) is 0 Å². The molecule has 0 spiro atoms. The van der Waals surface area contributed by atoms with Gasteiger partial charge in [-0.3, -0.25) is 4.79 Å². The van der Waals surface area contributed by atoms with Crippen molar-refractivity contribution in [1.82, 2.24) is 4.90 Å². The van der Waals surface area contributed by atoms with E-state index < -0.39 is 6.10 Å². The average molecular weight is 233 g/mol. The zero-order chi connectivity index (χ0) is 12.4. The molecule has 3 heteroatoms. The average Bonchev–Trinajstić information content (AvgIpc) is 2.36. The summed E-state index contributed by atoms with van der Waals surface area (Å²) in [5.74, 6) is 0.207. The minimum Gasteiger partial charge on any atom is -0.389 e. The molecule has 1 atom stereocenters. The van der Waals surface area contributed by atoms with Gasteiger partial charge in [-0.15, -0.1) is 0 Å². The van der Waals surface area contributed by atoms with E-state index in [1.165, 1.54) is 11.1 Å². The molecule has 0 fully saturated rings. The molecule has 1 unspecified atom stereocenters. The number of hydrogen-bond acceptors (Lipinski definition) is 2. The van der Waals surface area contributed by atoms with Gasteiger partial charge in [0.15, 0.2) is 0 Å². The maximum atomic E-state index is 11.7. The maximum absolute atomic E-state index is 11.7. The summed E-state index contributed by atoms with van der Waals surface area (Å²) in [5.41, 5.74) is 3.40. The molecule has 0 saturated heterocycles. The van der Waals surface area contributed by atoms with E-state index in [0.717, 1.165) is 18.5 Å². The first-order valence-electron chi connectivity index (χ1n) is 6.19. The Kier molecular flexibility index (Phi) is 3.48. The van der Waals surface area contributed by atoms with Crippen LogP contribution in [0.5, 0.6) is 0 Å². The number of fused-ring (bicyclic) bond motifs is 1. The van der Waals surface area contributed by atoms with E-state index in [1.807, 2.05) is 24.0 Å². The quantitative estimate of drug-likeness (QED) is 0.849. The Hall–Kier alpha value is -1.35. The Morgan fingerprint density at radius 3 is 2.88 bits per heavy atom. The third-order valence-corrected chi connectivity index (χ3v) is 3.38. The van der Waals surface area contributed by atoms with Crippen molar-refractivity contribution in [1.29, 1.82) is 0 Å². The lowest BCUT2D eigenvalue weighted by atomic mass is 9.96. The van der Waals surface area contributed by atoms with Crippen molar-refractivity contribution < 1.29 is 9.90 Å². The van der Waals surface area contributed by atoms with Gasteiger partial charge in [-0.1, -0.05) is 25.1 Å². The van der Waals surface area contributed by atoms with Crippen LogP contribution in [-0.2, 0) is 17.8 Å². The zero-order valence-corrected chi connectivity index (χ0v) is 10.4. The van der Waals surface area contributed by atoms with Crippen molar-refractivity contribution in [2.45, 2.75) is 39.3 Å². The highest BCUT2D eigenvalue weighted by molar-refractivity contribution is 5.76. The molecule has 92 valence electrons. The van der Waals surface area contributed by atoms with E-state index in [2.05, 4.69) is 6.07 Å². The number of benzene rings is 1. The third kappa shape index (κ3) is 2.50. The van der Waals surface area contributed by atoms with Crippen LogP contribution in [0, 0.1) is 0 Å². The summed E-state index contributed by atoms with van der Waals surface area (Å²) in [6.45, 7) is 5.15. The summed E-state index contributed by atoms with van der Waals surface area (Å²) in [7, 11) is 0. The Labute approximate surface area is 102 Å². The van der Waals surface area contributed by atoms with Gasteiger partial charge >= 0.3 is 0 Å². The molecule has 1 aliphatic heterocycles. The molecule has 1 aliphatic rings. The lowest BCUT2D eigenvalue weighted by Gasteiger charge is -2.29. The summed E-state index contributed by atoms with van der Waals surface area (Å²) < 4.78 is 0. The molecule has 17 heavy (non-hydrogen) atoms. The topological polar surface area (TPSA) is 40.5 Å². The van der Waals surface area contributed by atoms with Crippen LogP contribution in [0.2, 0.25) is 0 Å². The zero-order valence-electron chi connectivity index (χ0n) is 10.4. The van der Waals surface area contributed by atoms with Crippen LogP contribution < -0.4 is 0 Å². The van der Waals surface area contributed by atoms with Gasteiger partial charge in [-0.05, 0) is 30.0 Å². The smallest absolute Gasteiger partial charge is 0.222 e. The van der Waals surface area contributed by atoms with E-state index in [1.54, 1.807) is 6.92 Å². The largest absolute Gasteiger partial charge is 0.389 e. The lowest BCUT2D eigenvalue weighted by Crippen LogP contribution is -2.35. The predicted molar refractivity (Wildman–Crippen MR) is 66.5 cm³/mol. The van der Waals surface area contributed by atoms with Crippen LogP contribution in [0.25, 0.3) is 0 Å². The molecule has 1 N–H and O–H groups in total. The van der Waals surface area contributed by atoms with Crippen LogP contribution in [0.15, 0.2) is 18.2 Å². The SMILES string of the molecule is CCC(=O)N1CCc2ccc(C(C)O)cc2C1. The summed E-state index contributed by atoms with van der Waals surface area (Å²) in [5, 5.41) is 9.57. The van der Waals surface area contributed by atoms with Crippen molar-refractivity contribution in [2.75, 3.05) is 6.54 Å². The van der Waals surface area contributed by atoms with Crippen LogP contribution in [-0.4, -0.2) is 22.5 Å². The summed E-state index contributed by atoms with van der Waals surface area (Å²) in [4.78, 5) is 13.6. The second-order valence-corrected chi connectivity index (χ2v) is 4.62. The fourth-order valence-corrected chi connectivity index (χ4v) is 2.27. The minimum absolute atomic E-state index is 0.207. The van der Waals surface area contributed by atoms with E-state index in [0.29, 0.717) is 13.0 Å². The van der Waals surface area contributed by atoms with Gasteiger partial charge < -0.3 is 10.0 Å². The molecule has 0 saturated carbocycles. The molecule has 3 nitrogen and oxygen atoms in total. The molecule has 1 heterocycles. The van der Waals surface area contributed by atoms with Gasteiger partial charge in [-0.25, -0.2) is 0 Å². The number of aliphatic hydroxyl groups excluding tert-OH is 1. The molecule has 0 radical (unpaired) electrons. The fourth-order valence-electron chi connectivity index (χ4n) is 2.27. The van der Waals surface area contributed by atoms with Gasteiger partial charge in [0.25, 0.3) is 0 Å². The molecule has 1 aromatic carbocycles. The summed E-state index contributed by atoms with van der Waals surface area (Å²) in [6, 6.07) is 6.07. The van der Waals surface area contributed by atoms with Crippen molar-refractivity contribution in [3.05, 3.63) is 34.9 Å². The summed E-state index contributed by atoms with van der Waals surface area (Å²) in [6.07, 6.45) is 1.03. The van der Waals surface area contributed by atoms with Gasteiger partial charge in [0, 0.05) is 19.5 Å². The van der Waals surface area contributed by atoms with Gasteiger partial charge in [0.05, 0.1) is 6.10 Å². The molecule has 0 aliphatic carbocycles. The Balaban J connectivity index is 2.23. The van der Waals surface area contributed by atoms with E-state index >= 15 is 0 Å². The molecule has 1 aromatic rings. The van der Waals surface area contributed by atoms with E-state index in [4.69, 9.17) is 0 Å². The predicted octanol–water partition coefficient (Wildman–Crippen LogP) is 2.03. The first-order valence-corrected chi connectivity index (χ1v) is 6.19. The number of nitrogens with zero attached hydrogens (tertiary/aromatic N) is 1. The van der Waals surface area contributed by atoms with Crippen LogP contribution >= 0.6 is 0 Å². The highest BCUT2D eigenvalue weighted by Crippen LogP contribution is 2.23. The second-order valence-electron chi connectivity index (χ2n) is 4.62. The van der Waals surface area contributed by atoms with Crippen molar-refractivity contribution in [2.24, 2.45) is 0 Å². The standard InChI is InChI=1S/C14H19NO2/c1-3-14(17)15-7-6-11-4-5-12(10(2)16)8-13(11)9-15/h4-5,8,10,16H,3,6-7,9H2,1-2H3. The minimum atomic E-state index is -0.447. The van der Waals surface area contributed by atoms with Gasteiger partial charge in [-0.2, -0.15) is 0 Å². The number of aliphatic hydroxyl groups is 1. The molecule has 2 rings (SSSR count).